The van der Waals surface area contributed by atoms with E-state index in [9.17, 15) is 35.1 Å². The highest BCUT2D eigenvalue weighted by Crippen LogP contribution is 2.58. The second-order valence-electron chi connectivity index (χ2n) is 3.65. The van der Waals surface area contributed by atoms with E-state index in [2.05, 4.69) is 9.47 Å². The summed E-state index contributed by atoms with van der Waals surface area (Å²) in [5.41, 5.74) is 0. The molecule has 0 aromatic carbocycles. The molecule has 1 aliphatic heterocycles. The van der Waals surface area contributed by atoms with E-state index in [0.29, 0.717) is 0 Å². The second-order valence-corrected chi connectivity index (χ2v) is 3.65. The fourth-order valence-electron chi connectivity index (χ4n) is 1.06. The van der Waals surface area contributed by atoms with Crippen molar-refractivity contribution in [2.45, 2.75) is 58.6 Å². The normalized spacial score (nSPS) is 34.4. The van der Waals surface area contributed by atoms with E-state index in [-0.39, 0.29) is 28.7 Å². The molecule has 0 N–H and O–H groups in total. The van der Waals surface area contributed by atoms with Crippen LogP contribution in [0, 0.1) is 0 Å². The Morgan fingerprint density at radius 2 is 1.21 bits per heavy atom. The van der Waals surface area contributed by atoms with Crippen LogP contribution in [0.2, 0.25) is 0 Å². The molecule has 0 aromatic heterocycles. The molecule has 0 amide bonds. The summed E-state index contributed by atoms with van der Waals surface area (Å²) in [5, 5.41) is 0. The molecule has 0 saturated carbocycles. The van der Waals surface area contributed by atoms with E-state index < -0.39 is 29.8 Å². The van der Waals surface area contributed by atoms with Crippen LogP contribution in [0.1, 0.15) is 28.7 Å². The quantitative estimate of drug-likeness (QED) is 0.664. The standard InChI is InChI=1S/C7H6F8O2.2CH4/c1-3(8,9)4(2)16-5(10,6(11,12)13)7(14,15)17-4;;/h1-2H3;2*1H4. The van der Waals surface area contributed by atoms with Gasteiger partial charge in [-0.05, 0) is 6.92 Å². The molecule has 118 valence electrons. The number of halogens is 8. The van der Waals surface area contributed by atoms with E-state index in [0.717, 1.165) is 0 Å². The van der Waals surface area contributed by atoms with Gasteiger partial charge in [0.2, 0.25) is 5.79 Å². The number of hydrogen-bond donors (Lipinski definition) is 0. The van der Waals surface area contributed by atoms with Crippen LogP contribution in [0.4, 0.5) is 35.1 Å². The number of alkyl halides is 8. The topological polar surface area (TPSA) is 18.5 Å². The fraction of sp³-hybridized carbons (Fsp3) is 1.00. The van der Waals surface area contributed by atoms with E-state index >= 15 is 0 Å². The monoisotopic (exact) mass is 306 g/mol. The lowest BCUT2D eigenvalue weighted by Crippen LogP contribution is -2.53. The Kier molecular flexibility index (Phi) is 5.14. The highest BCUT2D eigenvalue weighted by Gasteiger charge is 2.84. The molecule has 0 aliphatic carbocycles. The van der Waals surface area contributed by atoms with Gasteiger partial charge in [-0.1, -0.05) is 14.9 Å². The van der Waals surface area contributed by atoms with Crippen LogP contribution in [-0.2, 0) is 9.47 Å². The summed E-state index contributed by atoms with van der Waals surface area (Å²) >= 11 is 0. The minimum atomic E-state index is -6.22. The maximum Gasteiger partial charge on any atom is 0.458 e. The predicted octanol–water partition coefficient (Wildman–Crippen LogP) is 4.50. The van der Waals surface area contributed by atoms with Gasteiger partial charge in [0.25, 0.3) is 5.92 Å². The summed E-state index contributed by atoms with van der Waals surface area (Å²) in [6, 6.07) is 0. The van der Waals surface area contributed by atoms with Gasteiger partial charge in [0.1, 0.15) is 0 Å². The second kappa shape index (κ2) is 4.72. The molecule has 1 heterocycles. The van der Waals surface area contributed by atoms with Crippen molar-refractivity contribution in [3.05, 3.63) is 0 Å². The molecule has 2 nitrogen and oxygen atoms in total. The number of hydrogen-bond acceptors (Lipinski definition) is 2. The van der Waals surface area contributed by atoms with Gasteiger partial charge in [-0.2, -0.15) is 26.3 Å². The van der Waals surface area contributed by atoms with Crippen molar-refractivity contribution in [1.29, 1.82) is 0 Å². The largest absolute Gasteiger partial charge is 0.458 e. The molecule has 1 aliphatic rings. The third kappa shape index (κ3) is 2.78. The Morgan fingerprint density at radius 1 is 0.842 bits per heavy atom. The molecule has 2 atom stereocenters. The number of rotatable bonds is 1. The van der Waals surface area contributed by atoms with Gasteiger partial charge in [0.15, 0.2) is 0 Å². The lowest BCUT2D eigenvalue weighted by atomic mass is 10.2. The first-order chi connectivity index (χ1) is 7.16. The minimum absolute atomic E-state index is 0. The van der Waals surface area contributed by atoms with Crippen LogP contribution in [0.3, 0.4) is 0 Å². The Labute approximate surface area is 104 Å². The third-order valence-electron chi connectivity index (χ3n) is 2.19. The maximum absolute atomic E-state index is 13.1. The number of ether oxygens (including phenoxy) is 2. The zero-order valence-electron chi connectivity index (χ0n) is 8.34. The van der Waals surface area contributed by atoms with Gasteiger partial charge in [-0.15, -0.1) is 0 Å². The van der Waals surface area contributed by atoms with E-state index in [1.165, 1.54) is 0 Å². The summed E-state index contributed by atoms with van der Waals surface area (Å²) in [4.78, 5) is 0. The molecule has 1 saturated heterocycles. The van der Waals surface area contributed by atoms with Crippen LogP contribution in [0.25, 0.3) is 0 Å². The van der Waals surface area contributed by atoms with Crippen molar-refractivity contribution >= 4 is 0 Å². The summed E-state index contributed by atoms with van der Waals surface area (Å²) in [6.07, 6.45) is -11.8. The molecule has 0 bridgehead atoms. The molecular formula is C9H14F8O2. The summed E-state index contributed by atoms with van der Waals surface area (Å²) in [6.45, 7) is 0.0547. The van der Waals surface area contributed by atoms with Crippen LogP contribution in [0.5, 0.6) is 0 Å². The fourth-order valence-corrected chi connectivity index (χ4v) is 1.06. The summed E-state index contributed by atoms with van der Waals surface area (Å²) in [5.74, 6) is -13.6. The van der Waals surface area contributed by atoms with Gasteiger partial charge in [0.05, 0.1) is 0 Å². The van der Waals surface area contributed by atoms with Crippen molar-refractivity contribution in [3.8, 4) is 0 Å². The van der Waals surface area contributed by atoms with E-state index in [1.807, 2.05) is 0 Å². The smallest absolute Gasteiger partial charge is 0.293 e. The van der Waals surface area contributed by atoms with Gasteiger partial charge in [0, 0.05) is 6.92 Å². The van der Waals surface area contributed by atoms with Gasteiger partial charge >= 0.3 is 18.1 Å². The first-order valence-electron chi connectivity index (χ1n) is 4.08. The molecule has 0 spiro atoms. The maximum atomic E-state index is 13.1. The molecule has 2 unspecified atom stereocenters. The summed E-state index contributed by atoms with van der Waals surface area (Å²) < 4.78 is 107. The van der Waals surface area contributed by atoms with Crippen molar-refractivity contribution in [1.82, 2.24) is 0 Å². The zero-order valence-corrected chi connectivity index (χ0v) is 8.34. The highest BCUT2D eigenvalue weighted by atomic mass is 19.4. The predicted molar refractivity (Wildman–Crippen MR) is 49.5 cm³/mol. The van der Waals surface area contributed by atoms with Crippen LogP contribution < -0.4 is 0 Å². The van der Waals surface area contributed by atoms with Gasteiger partial charge < -0.3 is 0 Å². The van der Waals surface area contributed by atoms with Crippen LogP contribution >= 0.6 is 0 Å². The third-order valence-corrected chi connectivity index (χ3v) is 2.19. The van der Waals surface area contributed by atoms with Crippen LogP contribution in [-0.4, -0.2) is 29.8 Å². The van der Waals surface area contributed by atoms with E-state index in [4.69, 9.17) is 0 Å². The molecule has 19 heavy (non-hydrogen) atoms. The lowest BCUT2D eigenvalue weighted by molar-refractivity contribution is -0.395. The van der Waals surface area contributed by atoms with Crippen molar-refractivity contribution in [3.63, 3.8) is 0 Å². The Bertz CT molecular complexity index is 323. The van der Waals surface area contributed by atoms with E-state index in [1.54, 1.807) is 0 Å². The Balaban J connectivity index is 0. The average Bonchev–Trinajstić information content (AvgIpc) is 2.16. The highest BCUT2D eigenvalue weighted by molar-refractivity contribution is 4.98. The molecular weight excluding hydrogens is 292 g/mol. The van der Waals surface area contributed by atoms with Crippen molar-refractivity contribution < 1.29 is 44.6 Å². The zero-order chi connectivity index (χ0) is 13.9. The summed E-state index contributed by atoms with van der Waals surface area (Å²) in [7, 11) is 0. The van der Waals surface area contributed by atoms with Crippen molar-refractivity contribution in [2.24, 2.45) is 0 Å². The Morgan fingerprint density at radius 3 is 1.37 bits per heavy atom. The van der Waals surface area contributed by atoms with Crippen LogP contribution in [0.15, 0.2) is 0 Å². The minimum Gasteiger partial charge on any atom is -0.293 e. The Hall–Kier alpha value is -0.640. The molecule has 0 radical (unpaired) electrons. The lowest BCUT2D eigenvalue weighted by Gasteiger charge is -2.29. The molecule has 0 aromatic rings. The molecule has 1 rings (SSSR count). The van der Waals surface area contributed by atoms with Gasteiger partial charge in [-0.3, -0.25) is 9.47 Å². The molecule has 10 heteroatoms. The van der Waals surface area contributed by atoms with Gasteiger partial charge in [-0.25, -0.2) is 8.78 Å². The SMILES string of the molecule is C.C.CC(F)(F)C1(C)OC(F)(F)C(F)(C(F)(F)F)O1. The first-order valence-corrected chi connectivity index (χ1v) is 4.08. The van der Waals surface area contributed by atoms with Crippen molar-refractivity contribution in [2.75, 3.05) is 0 Å². The first kappa shape index (κ1) is 20.7. The average molecular weight is 306 g/mol. The molecule has 1 fully saturated rings.